The van der Waals surface area contributed by atoms with Gasteiger partial charge in [-0.25, -0.2) is 0 Å². The summed E-state index contributed by atoms with van der Waals surface area (Å²) in [5, 5.41) is 24.2. The Morgan fingerprint density at radius 1 is 1.23 bits per heavy atom. The summed E-state index contributed by atoms with van der Waals surface area (Å²) < 4.78 is 0. The molecule has 0 bridgehead atoms. The van der Waals surface area contributed by atoms with Crippen LogP contribution in [0.4, 0.5) is 0 Å². The molecule has 9 heteroatoms. The second-order valence-corrected chi connectivity index (χ2v) is 7.56. The fraction of sp³-hybridized carbons (Fsp3) is 0.524. The van der Waals surface area contributed by atoms with Crippen LogP contribution in [0.25, 0.3) is 0 Å². The molecule has 1 amide bonds. The number of piperazine rings is 1. The molecule has 2 aliphatic heterocycles. The number of rotatable bonds is 8. The van der Waals surface area contributed by atoms with Gasteiger partial charge < -0.3 is 20.2 Å². The minimum absolute atomic E-state index is 0.00317. The van der Waals surface area contributed by atoms with Crippen LogP contribution in [0.5, 0.6) is 0 Å². The van der Waals surface area contributed by atoms with E-state index in [0.717, 1.165) is 36.2 Å². The third kappa shape index (κ3) is 5.56. The number of hydrogen-bond acceptors (Lipinski definition) is 6. The van der Waals surface area contributed by atoms with E-state index in [0.29, 0.717) is 38.4 Å². The second-order valence-electron chi connectivity index (χ2n) is 7.56. The van der Waals surface area contributed by atoms with Gasteiger partial charge in [-0.15, -0.1) is 0 Å². The predicted octanol–water partition coefficient (Wildman–Crippen LogP) is 1.12. The van der Waals surface area contributed by atoms with Crippen LogP contribution < -0.4 is 5.32 Å². The molecule has 3 rings (SSSR count). The highest BCUT2D eigenvalue weighted by molar-refractivity contribution is 6.05. The lowest BCUT2D eigenvalue weighted by molar-refractivity contribution is -0.144. The van der Waals surface area contributed by atoms with Crippen molar-refractivity contribution in [2.75, 3.05) is 39.3 Å². The quantitative estimate of drug-likeness (QED) is 0.333. The van der Waals surface area contributed by atoms with Gasteiger partial charge in [0.15, 0.2) is 0 Å². The van der Waals surface area contributed by atoms with Gasteiger partial charge >= 0.3 is 5.97 Å². The molecule has 30 heavy (non-hydrogen) atoms. The maximum absolute atomic E-state index is 12.7. The minimum atomic E-state index is -0.857. The van der Waals surface area contributed by atoms with Crippen molar-refractivity contribution in [1.29, 1.82) is 5.41 Å². The highest BCUT2D eigenvalue weighted by Crippen LogP contribution is 2.20. The molecule has 1 atom stereocenters. The molecular formula is C21H29N5O4. The topological polar surface area (TPSA) is 118 Å². The number of aliphatic carboxylic acids is 1. The Morgan fingerprint density at radius 2 is 1.93 bits per heavy atom. The summed E-state index contributed by atoms with van der Waals surface area (Å²) in [6, 6.07) is 7.53. The first kappa shape index (κ1) is 21.8. The summed E-state index contributed by atoms with van der Waals surface area (Å²) in [7, 11) is 0. The van der Waals surface area contributed by atoms with Gasteiger partial charge in [0.1, 0.15) is 5.84 Å². The number of carboxylic acids is 1. The maximum atomic E-state index is 12.7. The number of carbonyl (C=O) groups excluding carboxylic acids is 1. The van der Waals surface area contributed by atoms with Crippen molar-refractivity contribution in [2.45, 2.75) is 32.3 Å². The highest BCUT2D eigenvalue weighted by Gasteiger charge is 2.34. The summed E-state index contributed by atoms with van der Waals surface area (Å²) >= 11 is 0. The Kier molecular flexibility index (Phi) is 7.40. The first-order chi connectivity index (χ1) is 14.5. The van der Waals surface area contributed by atoms with Crippen molar-refractivity contribution in [3.63, 3.8) is 0 Å². The molecule has 0 radical (unpaired) electrons. The van der Waals surface area contributed by atoms with E-state index in [9.17, 15) is 9.59 Å². The van der Waals surface area contributed by atoms with E-state index in [1.165, 1.54) is 0 Å². The molecule has 1 unspecified atom stereocenters. The number of amides is 1. The molecular weight excluding hydrogens is 386 g/mol. The van der Waals surface area contributed by atoms with Crippen LogP contribution in [0, 0.1) is 5.41 Å². The molecule has 1 saturated heterocycles. The number of nitrogens with one attached hydrogen (secondary N) is 2. The lowest BCUT2D eigenvalue weighted by Gasteiger charge is -2.34. The summed E-state index contributed by atoms with van der Waals surface area (Å²) in [6.45, 7) is 4.95. The number of amidine groups is 1. The molecule has 3 N–H and O–H groups in total. The fourth-order valence-corrected chi connectivity index (χ4v) is 3.52. The predicted molar refractivity (Wildman–Crippen MR) is 113 cm³/mol. The van der Waals surface area contributed by atoms with E-state index >= 15 is 0 Å². The molecule has 9 nitrogen and oxygen atoms in total. The fourth-order valence-electron chi connectivity index (χ4n) is 3.52. The molecule has 2 aliphatic rings. The monoisotopic (exact) mass is 415 g/mol. The molecule has 0 saturated carbocycles. The van der Waals surface area contributed by atoms with Gasteiger partial charge in [-0.2, -0.15) is 0 Å². The highest BCUT2D eigenvalue weighted by atomic mass is 16.6. The van der Waals surface area contributed by atoms with E-state index in [1.807, 2.05) is 29.2 Å². The summed E-state index contributed by atoms with van der Waals surface area (Å²) in [6.07, 6.45) is 1.87. The van der Waals surface area contributed by atoms with Crippen molar-refractivity contribution < 1.29 is 19.5 Å². The molecule has 2 heterocycles. The van der Waals surface area contributed by atoms with Crippen molar-refractivity contribution in [1.82, 2.24) is 15.1 Å². The number of carboxylic acid groups (broad SMARTS) is 1. The van der Waals surface area contributed by atoms with Gasteiger partial charge in [-0.1, -0.05) is 42.8 Å². The van der Waals surface area contributed by atoms with Crippen molar-refractivity contribution in [3.05, 3.63) is 35.4 Å². The molecule has 1 aromatic carbocycles. The first-order valence-electron chi connectivity index (χ1n) is 10.4. The van der Waals surface area contributed by atoms with Crippen LogP contribution in [-0.2, 0) is 14.4 Å². The van der Waals surface area contributed by atoms with Crippen LogP contribution >= 0.6 is 0 Å². The van der Waals surface area contributed by atoms with Crippen LogP contribution in [0.3, 0.4) is 0 Å². The normalized spacial score (nSPS) is 19.2. The largest absolute Gasteiger partial charge is 0.480 e. The number of carbonyl (C=O) groups is 2. The lowest BCUT2D eigenvalue weighted by Crippen LogP contribution is -2.52. The van der Waals surface area contributed by atoms with Gasteiger partial charge in [0, 0.05) is 44.7 Å². The van der Waals surface area contributed by atoms with E-state index in [2.05, 4.69) is 17.4 Å². The molecule has 162 valence electrons. The summed E-state index contributed by atoms with van der Waals surface area (Å²) in [5.41, 5.74) is 2.40. The molecule has 0 aromatic heterocycles. The van der Waals surface area contributed by atoms with Crippen LogP contribution in [0.2, 0.25) is 0 Å². The van der Waals surface area contributed by atoms with Crippen LogP contribution in [0.15, 0.2) is 29.4 Å². The first-order valence-corrected chi connectivity index (χ1v) is 10.4. The zero-order chi connectivity index (χ0) is 21.5. The summed E-state index contributed by atoms with van der Waals surface area (Å²) in [4.78, 5) is 32.5. The van der Waals surface area contributed by atoms with E-state index in [4.69, 9.17) is 15.4 Å². The number of nitrogens with zero attached hydrogens (tertiary/aromatic N) is 3. The number of oxime groups is 1. The maximum Gasteiger partial charge on any atom is 0.317 e. The van der Waals surface area contributed by atoms with Crippen LogP contribution in [0.1, 0.15) is 37.3 Å². The molecule has 1 fully saturated rings. The molecule has 0 aliphatic carbocycles. The van der Waals surface area contributed by atoms with Gasteiger partial charge in [-0.05, 0) is 12.0 Å². The zero-order valence-corrected chi connectivity index (χ0v) is 17.3. The van der Waals surface area contributed by atoms with Gasteiger partial charge in [-0.3, -0.25) is 19.9 Å². The Labute approximate surface area is 176 Å². The van der Waals surface area contributed by atoms with Crippen molar-refractivity contribution >= 4 is 23.4 Å². The van der Waals surface area contributed by atoms with E-state index < -0.39 is 12.1 Å². The lowest BCUT2D eigenvalue weighted by atomic mass is 10.0. The Morgan fingerprint density at radius 3 is 2.57 bits per heavy atom. The number of benzene rings is 1. The van der Waals surface area contributed by atoms with Gasteiger partial charge in [0.2, 0.25) is 6.10 Å². The summed E-state index contributed by atoms with van der Waals surface area (Å²) in [5.74, 6) is -0.568. The van der Waals surface area contributed by atoms with Crippen molar-refractivity contribution in [3.8, 4) is 0 Å². The van der Waals surface area contributed by atoms with E-state index in [1.54, 1.807) is 4.90 Å². The van der Waals surface area contributed by atoms with E-state index in [-0.39, 0.29) is 12.5 Å². The Hall–Kier alpha value is -2.94. The average molecular weight is 415 g/mol. The van der Waals surface area contributed by atoms with Gasteiger partial charge in [0.25, 0.3) is 5.91 Å². The minimum Gasteiger partial charge on any atom is -0.480 e. The van der Waals surface area contributed by atoms with Crippen LogP contribution in [-0.4, -0.2) is 83.7 Å². The molecule has 0 spiro atoms. The zero-order valence-electron chi connectivity index (χ0n) is 17.3. The third-order valence-electron chi connectivity index (χ3n) is 5.33. The molecule has 1 aromatic rings. The number of unbranched alkanes of at least 4 members (excludes halogenated alkanes) is 1. The third-order valence-corrected chi connectivity index (χ3v) is 5.33. The Balaban J connectivity index is 1.49. The number of hydrogen-bond donors (Lipinski definition) is 3. The standard InChI is InChI=1S/C21H29N5O4/c1-2-3-8-23-20(22)16-6-4-15(5-7-16)17-13-18(30-24-17)21(29)26-11-9-25(10-12-26)14-19(27)28/h4-7,18H,2-3,8-14H2,1H3,(H2,22,23)(H,27,28). The SMILES string of the molecule is CCCCNC(=N)c1ccc(C2=NOC(C(=O)N3CCN(CC(=O)O)CC3)C2)cc1. The smallest absolute Gasteiger partial charge is 0.317 e. The Bertz CT molecular complexity index is 800. The van der Waals surface area contributed by atoms with Gasteiger partial charge in [0.05, 0.1) is 12.3 Å². The second kappa shape index (κ2) is 10.2. The van der Waals surface area contributed by atoms with Crippen molar-refractivity contribution in [2.24, 2.45) is 5.16 Å². The average Bonchev–Trinajstić information content (AvgIpc) is 3.24.